The van der Waals surface area contributed by atoms with Crippen molar-refractivity contribution in [3.05, 3.63) is 28.8 Å². The van der Waals surface area contributed by atoms with E-state index in [9.17, 15) is 24.0 Å². The minimum Gasteiger partial charge on any atom is -0.493 e. The molecule has 0 aromatic heterocycles. The normalized spacial score (nSPS) is 21.7. The zero-order chi connectivity index (χ0) is 37.2. The summed E-state index contributed by atoms with van der Waals surface area (Å²) in [6, 6.07) is 2.02. The summed E-state index contributed by atoms with van der Waals surface area (Å²) < 4.78 is 11.3. The highest BCUT2D eigenvalue weighted by molar-refractivity contribution is 6.38. The fraction of sp³-hybridized carbons (Fsp3) is 0.692. The van der Waals surface area contributed by atoms with Crippen LogP contribution >= 0.6 is 0 Å². The molecular formula is C39H57N3O8. The molecule has 1 spiro atoms. The van der Waals surface area contributed by atoms with Crippen molar-refractivity contribution < 1.29 is 38.3 Å². The Morgan fingerprint density at radius 2 is 1.68 bits per heavy atom. The van der Waals surface area contributed by atoms with Gasteiger partial charge in [-0.05, 0) is 95.4 Å². The summed E-state index contributed by atoms with van der Waals surface area (Å²) in [5, 5.41) is 7.25. The number of likely N-dealkylation sites (tertiary alicyclic amines) is 1. The Labute approximate surface area is 297 Å². The van der Waals surface area contributed by atoms with Crippen molar-refractivity contribution in [3.63, 3.8) is 0 Å². The molecule has 11 nitrogen and oxygen atoms in total. The van der Waals surface area contributed by atoms with Crippen LogP contribution in [-0.2, 0) is 28.8 Å². The molecule has 276 valence electrons. The van der Waals surface area contributed by atoms with E-state index in [1.165, 1.54) is 4.90 Å². The maximum absolute atomic E-state index is 14.5. The van der Waals surface area contributed by atoms with Gasteiger partial charge in [-0.25, -0.2) is 4.79 Å². The number of alkyl carbamates (subject to hydrolysis) is 1. The zero-order valence-electron chi connectivity index (χ0n) is 31.7. The molecule has 2 heterocycles. The van der Waals surface area contributed by atoms with Crippen molar-refractivity contribution in [2.75, 3.05) is 13.2 Å². The smallest absolute Gasteiger partial charge is 0.408 e. The van der Waals surface area contributed by atoms with Gasteiger partial charge in [0.05, 0.1) is 24.9 Å². The number of rotatable bonds is 14. The number of benzene rings is 1. The monoisotopic (exact) mass is 695 g/mol. The number of hydrogen-bond donors (Lipinski definition) is 1. The first-order valence-electron chi connectivity index (χ1n) is 18.2. The van der Waals surface area contributed by atoms with Gasteiger partial charge < -0.3 is 24.5 Å². The Balaban J connectivity index is 1.64. The summed E-state index contributed by atoms with van der Waals surface area (Å²) in [5.74, 6) is -1.34. The van der Waals surface area contributed by atoms with Crippen LogP contribution < -0.4 is 10.1 Å². The second-order valence-electron chi connectivity index (χ2n) is 16.6. The van der Waals surface area contributed by atoms with Gasteiger partial charge in [0.2, 0.25) is 11.7 Å². The minimum atomic E-state index is -1.03. The van der Waals surface area contributed by atoms with Crippen LogP contribution in [0.25, 0.3) is 0 Å². The highest BCUT2D eigenvalue weighted by Gasteiger charge is 2.55. The molecule has 3 aliphatic rings. The molecule has 1 saturated carbocycles. The minimum absolute atomic E-state index is 0.0554. The van der Waals surface area contributed by atoms with E-state index in [-0.39, 0.29) is 37.5 Å². The number of Topliss-reactive ketones (excluding diaryl/α,β-unsaturated/α-hetero) is 3. The molecule has 4 atom stereocenters. The lowest BCUT2D eigenvalue weighted by Crippen LogP contribution is -2.57. The maximum atomic E-state index is 14.5. The Kier molecular flexibility index (Phi) is 11.9. The number of ether oxygens (including phenoxy) is 2. The number of carbonyl (C=O) groups is 5. The third-order valence-corrected chi connectivity index (χ3v) is 9.65. The zero-order valence-corrected chi connectivity index (χ0v) is 31.7. The van der Waals surface area contributed by atoms with E-state index >= 15 is 0 Å². The van der Waals surface area contributed by atoms with Gasteiger partial charge in [-0.3, -0.25) is 19.2 Å². The molecule has 2 aliphatic heterocycles. The molecule has 50 heavy (non-hydrogen) atoms. The quantitative estimate of drug-likeness (QED) is 0.220. The Hall–Kier alpha value is -3.76. The number of hydrogen-bond acceptors (Lipinski definition) is 9. The summed E-state index contributed by atoms with van der Waals surface area (Å²) in [6.07, 6.45) is 2.77. The van der Waals surface area contributed by atoms with E-state index in [4.69, 9.17) is 14.3 Å². The van der Waals surface area contributed by atoms with Gasteiger partial charge in [0, 0.05) is 37.2 Å². The molecule has 0 radical (unpaired) electrons. The van der Waals surface area contributed by atoms with Crippen LogP contribution in [-0.4, -0.2) is 76.4 Å². The molecule has 0 bridgehead atoms. The highest BCUT2D eigenvalue weighted by Crippen LogP contribution is 2.42. The number of aryl methyl sites for hydroxylation is 2. The standard InChI is InChI=1S/C39H57N3O8/c1-11-13-26(32(45)31(44)18-25-14-15-25)19-30(43)29-21-39(20-28(41-50-39)27-16-23(3)33(48-12-2)24(4)17-27)22-42(29)35(46)34(37(5,6)7)40-36(47)49-38(8,9)10/h16-17,25-26,29,34H,11-15,18-22H2,1-10H3,(H,40,47)/t26-,29+,34-,39-/m1/s1. The fourth-order valence-electron chi connectivity index (χ4n) is 7.03. The number of amides is 2. The van der Waals surface area contributed by atoms with Crippen LogP contribution in [0.1, 0.15) is 123 Å². The molecular weight excluding hydrogens is 638 g/mol. The summed E-state index contributed by atoms with van der Waals surface area (Å²) in [4.78, 5) is 75.6. The lowest BCUT2D eigenvalue weighted by atomic mass is 9.84. The van der Waals surface area contributed by atoms with Gasteiger partial charge in [-0.1, -0.05) is 39.3 Å². The number of oxime groups is 1. The van der Waals surface area contributed by atoms with E-state index in [0.29, 0.717) is 31.6 Å². The van der Waals surface area contributed by atoms with E-state index in [2.05, 4.69) is 10.5 Å². The van der Waals surface area contributed by atoms with Crippen LogP contribution in [0.3, 0.4) is 0 Å². The van der Waals surface area contributed by atoms with Crippen molar-refractivity contribution in [2.24, 2.45) is 22.4 Å². The molecule has 1 saturated heterocycles. The van der Waals surface area contributed by atoms with Gasteiger partial charge in [0.15, 0.2) is 17.2 Å². The summed E-state index contributed by atoms with van der Waals surface area (Å²) in [6.45, 7) is 19.1. The van der Waals surface area contributed by atoms with Crippen LogP contribution in [0.2, 0.25) is 0 Å². The van der Waals surface area contributed by atoms with Crippen molar-refractivity contribution in [2.45, 2.75) is 144 Å². The van der Waals surface area contributed by atoms with Crippen LogP contribution in [0.15, 0.2) is 17.3 Å². The first-order valence-corrected chi connectivity index (χ1v) is 18.2. The van der Waals surface area contributed by atoms with Crippen LogP contribution in [0.4, 0.5) is 4.79 Å². The largest absolute Gasteiger partial charge is 0.493 e. The number of nitrogens with one attached hydrogen (secondary N) is 1. The van der Waals surface area contributed by atoms with E-state index in [1.54, 1.807) is 20.8 Å². The Bertz CT molecular complexity index is 1490. The van der Waals surface area contributed by atoms with Crippen molar-refractivity contribution in [3.8, 4) is 5.75 Å². The lowest BCUT2D eigenvalue weighted by Gasteiger charge is -2.36. The third kappa shape index (κ3) is 9.51. The fourth-order valence-corrected chi connectivity index (χ4v) is 7.03. The second-order valence-corrected chi connectivity index (χ2v) is 16.6. The molecule has 0 unspecified atom stereocenters. The molecule has 1 aromatic carbocycles. The molecule has 1 aliphatic carbocycles. The van der Waals surface area contributed by atoms with E-state index < -0.39 is 58.2 Å². The number of ketones is 3. The van der Waals surface area contributed by atoms with E-state index in [0.717, 1.165) is 35.3 Å². The predicted molar refractivity (Wildman–Crippen MR) is 190 cm³/mol. The Morgan fingerprint density at radius 3 is 2.22 bits per heavy atom. The first-order chi connectivity index (χ1) is 23.3. The molecule has 1 aromatic rings. The van der Waals surface area contributed by atoms with Gasteiger partial charge >= 0.3 is 6.09 Å². The summed E-state index contributed by atoms with van der Waals surface area (Å²) in [7, 11) is 0. The van der Waals surface area contributed by atoms with Crippen molar-refractivity contribution in [1.29, 1.82) is 0 Å². The Morgan fingerprint density at radius 1 is 1.04 bits per heavy atom. The number of nitrogens with zero attached hydrogens (tertiary/aromatic N) is 2. The number of carbonyl (C=O) groups excluding carboxylic acids is 5. The molecule has 2 amide bonds. The maximum Gasteiger partial charge on any atom is 0.408 e. The van der Waals surface area contributed by atoms with Gasteiger partial charge in [-0.2, -0.15) is 0 Å². The van der Waals surface area contributed by atoms with E-state index in [1.807, 2.05) is 60.6 Å². The van der Waals surface area contributed by atoms with Crippen LogP contribution in [0.5, 0.6) is 5.75 Å². The molecule has 4 rings (SSSR count). The second kappa shape index (κ2) is 15.2. The third-order valence-electron chi connectivity index (χ3n) is 9.65. The van der Waals surface area contributed by atoms with Gasteiger partial charge in [0.1, 0.15) is 17.4 Å². The average Bonchev–Trinajstić information content (AvgIpc) is 3.60. The van der Waals surface area contributed by atoms with Gasteiger partial charge in [0.25, 0.3) is 0 Å². The molecule has 1 N–H and O–H groups in total. The molecule has 2 fully saturated rings. The van der Waals surface area contributed by atoms with Gasteiger partial charge in [-0.15, -0.1) is 0 Å². The summed E-state index contributed by atoms with van der Waals surface area (Å²) in [5.41, 5.74) is 0.969. The first kappa shape index (κ1) is 39.0. The van der Waals surface area contributed by atoms with Crippen LogP contribution in [0, 0.1) is 31.1 Å². The lowest BCUT2D eigenvalue weighted by molar-refractivity contribution is -0.143. The summed E-state index contributed by atoms with van der Waals surface area (Å²) >= 11 is 0. The average molecular weight is 696 g/mol. The topological polar surface area (TPSA) is 141 Å². The SMILES string of the molecule is CCC[C@H](CC(=O)[C@@H]1C[C@]2(CC(c3cc(C)c(OCC)c(C)c3)=NO2)CN1C(=O)[C@@H](NC(=O)OC(C)(C)C)C(C)(C)C)C(=O)C(=O)CC1CC1. The van der Waals surface area contributed by atoms with Crippen molar-refractivity contribution >= 4 is 35.1 Å². The highest BCUT2D eigenvalue weighted by atomic mass is 16.7. The van der Waals surface area contributed by atoms with Crippen molar-refractivity contribution in [1.82, 2.24) is 10.2 Å². The predicted octanol–water partition coefficient (Wildman–Crippen LogP) is 6.42. The molecule has 11 heteroatoms.